The molecule has 0 saturated heterocycles. The minimum atomic E-state index is -0.308. The number of aliphatic hydroxyl groups excluding tert-OH is 1. The highest BCUT2D eigenvalue weighted by molar-refractivity contribution is 9.11. The van der Waals surface area contributed by atoms with Gasteiger partial charge in [0, 0.05) is 8.95 Å². The van der Waals surface area contributed by atoms with E-state index in [1.54, 1.807) is 0 Å². The van der Waals surface area contributed by atoms with E-state index in [2.05, 4.69) is 31.9 Å². The highest BCUT2D eigenvalue weighted by Crippen LogP contribution is 2.53. The van der Waals surface area contributed by atoms with Gasteiger partial charge in [-0.15, -0.1) is 0 Å². The lowest BCUT2D eigenvalue weighted by atomic mass is 9.82. The van der Waals surface area contributed by atoms with Crippen LogP contribution in [0.2, 0.25) is 0 Å². The molecule has 3 heteroatoms. The summed E-state index contributed by atoms with van der Waals surface area (Å²) in [5.74, 6) is 2.10. The molecular weight excluding hydrogens is 344 g/mol. The highest BCUT2D eigenvalue weighted by atomic mass is 79.9. The molecule has 0 heterocycles. The fourth-order valence-corrected chi connectivity index (χ4v) is 4.51. The Morgan fingerprint density at radius 3 is 2.65 bits per heavy atom. The quantitative estimate of drug-likeness (QED) is 0.812. The number of fused-ring (bicyclic) bond motifs is 2. The summed E-state index contributed by atoms with van der Waals surface area (Å²) in [5.41, 5.74) is 1.04. The normalized spacial score (nSPS) is 33.0. The minimum Gasteiger partial charge on any atom is -0.388 e. The van der Waals surface area contributed by atoms with E-state index in [-0.39, 0.29) is 6.10 Å². The zero-order valence-electron chi connectivity index (χ0n) is 9.57. The number of aliphatic hydroxyl groups is 1. The second-order valence-corrected chi connectivity index (χ2v) is 7.22. The van der Waals surface area contributed by atoms with Gasteiger partial charge in [0.05, 0.1) is 6.10 Å². The molecular formula is C14H16Br2O. The number of halogens is 2. The van der Waals surface area contributed by atoms with Crippen molar-refractivity contribution in [3.05, 3.63) is 32.7 Å². The predicted molar refractivity (Wildman–Crippen MR) is 75.7 cm³/mol. The Morgan fingerprint density at radius 2 is 2.00 bits per heavy atom. The molecule has 1 aromatic rings. The standard InChI is InChI=1S/C14H16Br2O/c15-10-3-4-13(16)12(7-10)14(17)11-6-8-1-2-9(11)5-8/h3-4,7-9,11,14,17H,1-2,5-6H2. The van der Waals surface area contributed by atoms with Crippen molar-refractivity contribution < 1.29 is 5.11 Å². The van der Waals surface area contributed by atoms with E-state index in [4.69, 9.17) is 0 Å². The summed E-state index contributed by atoms with van der Waals surface area (Å²) in [7, 11) is 0. The molecule has 4 atom stereocenters. The molecule has 4 unspecified atom stereocenters. The van der Waals surface area contributed by atoms with Crippen LogP contribution in [0, 0.1) is 17.8 Å². The third-order valence-corrected chi connectivity index (χ3v) is 5.69. The molecule has 1 N–H and O–H groups in total. The third-order valence-electron chi connectivity index (χ3n) is 4.48. The second kappa shape index (κ2) is 4.67. The average molecular weight is 360 g/mol. The smallest absolute Gasteiger partial charge is 0.0832 e. The van der Waals surface area contributed by atoms with Crippen molar-refractivity contribution in [2.75, 3.05) is 0 Å². The summed E-state index contributed by atoms with van der Waals surface area (Å²) in [4.78, 5) is 0. The van der Waals surface area contributed by atoms with Crippen molar-refractivity contribution in [3.63, 3.8) is 0 Å². The Morgan fingerprint density at radius 1 is 1.18 bits per heavy atom. The maximum absolute atomic E-state index is 10.6. The van der Waals surface area contributed by atoms with Crippen LogP contribution < -0.4 is 0 Å². The summed E-state index contributed by atoms with van der Waals surface area (Å²) in [6.07, 6.45) is 4.95. The van der Waals surface area contributed by atoms with Crippen LogP contribution in [0.5, 0.6) is 0 Å². The first-order chi connectivity index (χ1) is 8.15. The molecule has 0 radical (unpaired) electrons. The van der Waals surface area contributed by atoms with Gasteiger partial charge < -0.3 is 5.11 Å². The fourth-order valence-electron chi connectivity index (χ4n) is 3.65. The third kappa shape index (κ3) is 2.22. The molecule has 2 aliphatic rings. The van der Waals surface area contributed by atoms with E-state index in [9.17, 15) is 5.11 Å². The number of benzene rings is 1. The predicted octanol–water partition coefficient (Wildman–Crippen LogP) is 4.68. The van der Waals surface area contributed by atoms with Crippen molar-refractivity contribution >= 4 is 31.9 Å². The highest BCUT2D eigenvalue weighted by Gasteiger charge is 2.43. The zero-order valence-corrected chi connectivity index (χ0v) is 12.7. The van der Waals surface area contributed by atoms with Crippen LogP contribution in [0.4, 0.5) is 0 Å². The zero-order chi connectivity index (χ0) is 12.0. The topological polar surface area (TPSA) is 20.2 Å². The molecule has 0 amide bonds. The Bertz CT molecular complexity index is 432. The monoisotopic (exact) mass is 358 g/mol. The Hall–Kier alpha value is 0.140. The maximum Gasteiger partial charge on any atom is 0.0832 e. The lowest BCUT2D eigenvalue weighted by Gasteiger charge is -2.27. The molecule has 0 aromatic heterocycles. The Balaban J connectivity index is 1.86. The summed E-state index contributed by atoms with van der Waals surface area (Å²) in [6.45, 7) is 0. The molecule has 2 bridgehead atoms. The van der Waals surface area contributed by atoms with Crippen molar-refractivity contribution in [1.82, 2.24) is 0 Å². The van der Waals surface area contributed by atoms with Crippen LogP contribution in [0.3, 0.4) is 0 Å². The van der Waals surface area contributed by atoms with Gasteiger partial charge in [0.1, 0.15) is 0 Å². The van der Waals surface area contributed by atoms with E-state index in [1.807, 2.05) is 18.2 Å². The molecule has 0 aliphatic heterocycles. The Labute approximate surface area is 119 Å². The van der Waals surface area contributed by atoms with Crippen LogP contribution in [0.25, 0.3) is 0 Å². The molecule has 1 aromatic carbocycles. The number of rotatable bonds is 2. The van der Waals surface area contributed by atoms with Crippen molar-refractivity contribution in [1.29, 1.82) is 0 Å². The fraction of sp³-hybridized carbons (Fsp3) is 0.571. The van der Waals surface area contributed by atoms with E-state index in [0.29, 0.717) is 5.92 Å². The largest absolute Gasteiger partial charge is 0.388 e. The van der Waals surface area contributed by atoms with Gasteiger partial charge in [0.15, 0.2) is 0 Å². The first-order valence-corrected chi connectivity index (χ1v) is 7.87. The van der Waals surface area contributed by atoms with Gasteiger partial charge in [0.2, 0.25) is 0 Å². The van der Waals surface area contributed by atoms with E-state index in [1.165, 1.54) is 25.7 Å². The van der Waals surface area contributed by atoms with Gasteiger partial charge >= 0.3 is 0 Å². The van der Waals surface area contributed by atoms with Crippen LogP contribution in [0.15, 0.2) is 27.1 Å². The second-order valence-electron chi connectivity index (χ2n) is 5.45. The minimum absolute atomic E-state index is 0.308. The van der Waals surface area contributed by atoms with Gasteiger partial charge in [-0.3, -0.25) is 0 Å². The lowest BCUT2D eigenvalue weighted by Crippen LogP contribution is -2.19. The van der Waals surface area contributed by atoms with Crippen molar-refractivity contribution in [2.24, 2.45) is 17.8 Å². The van der Waals surface area contributed by atoms with Gasteiger partial charge in [-0.05, 0) is 60.8 Å². The first kappa shape index (κ1) is 12.2. The SMILES string of the molecule is OC(c1cc(Br)ccc1Br)C1CC2CCC1C2. The van der Waals surface area contributed by atoms with Gasteiger partial charge in [0.25, 0.3) is 0 Å². The summed E-state index contributed by atoms with van der Waals surface area (Å²) in [6, 6.07) is 6.05. The molecule has 17 heavy (non-hydrogen) atoms. The van der Waals surface area contributed by atoms with Gasteiger partial charge in [-0.2, -0.15) is 0 Å². The molecule has 3 rings (SSSR count). The molecule has 1 nitrogen and oxygen atoms in total. The first-order valence-electron chi connectivity index (χ1n) is 6.28. The maximum atomic E-state index is 10.6. The van der Waals surface area contributed by atoms with E-state index >= 15 is 0 Å². The van der Waals surface area contributed by atoms with Crippen LogP contribution in [-0.2, 0) is 0 Å². The number of hydrogen-bond donors (Lipinski definition) is 1. The lowest BCUT2D eigenvalue weighted by molar-refractivity contribution is 0.0739. The average Bonchev–Trinajstić information content (AvgIpc) is 2.93. The van der Waals surface area contributed by atoms with Crippen LogP contribution in [-0.4, -0.2) is 5.11 Å². The van der Waals surface area contributed by atoms with E-state index < -0.39 is 0 Å². The molecule has 2 aliphatic carbocycles. The number of hydrogen-bond acceptors (Lipinski definition) is 1. The van der Waals surface area contributed by atoms with Gasteiger partial charge in [-0.25, -0.2) is 0 Å². The molecule has 92 valence electrons. The van der Waals surface area contributed by atoms with Crippen LogP contribution >= 0.6 is 31.9 Å². The van der Waals surface area contributed by atoms with Gasteiger partial charge in [-0.1, -0.05) is 38.3 Å². The van der Waals surface area contributed by atoms with Crippen molar-refractivity contribution in [3.8, 4) is 0 Å². The Kier molecular flexibility index (Phi) is 3.35. The molecule has 2 fully saturated rings. The van der Waals surface area contributed by atoms with Crippen LogP contribution in [0.1, 0.15) is 37.4 Å². The summed E-state index contributed by atoms with van der Waals surface area (Å²) in [5, 5.41) is 10.6. The van der Waals surface area contributed by atoms with Crippen molar-refractivity contribution in [2.45, 2.75) is 31.8 Å². The van der Waals surface area contributed by atoms with E-state index in [0.717, 1.165) is 26.3 Å². The summed E-state index contributed by atoms with van der Waals surface area (Å²) < 4.78 is 2.06. The molecule has 0 spiro atoms. The molecule has 2 saturated carbocycles. The summed E-state index contributed by atoms with van der Waals surface area (Å²) >= 11 is 7.03.